The van der Waals surface area contributed by atoms with Gasteiger partial charge < -0.3 is 10.1 Å². The molecule has 0 aromatic heterocycles. The predicted molar refractivity (Wildman–Crippen MR) is 75.3 cm³/mol. The Hall–Kier alpha value is -1.07. The molecule has 1 fully saturated rings. The molecule has 5 heteroatoms. The van der Waals surface area contributed by atoms with E-state index in [1.54, 1.807) is 24.3 Å². The Morgan fingerprint density at radius 1 is 1.26 bits per heavy atom. The Balaban J connectivity index is 2.31. The van der Waals surface area contributed by atoms with Crippen LogP contribution in [0.25, 0.3) is 0 Å². The molecule has 0 amide bonds. The van der Waals surface area contributed by atoms with Gasteiger partial charge >= 0.3 is 0 Å². The van der Waals surface area contributed by atoms with Crippen LogP contribution in [0, 0.1) is 0 Å². The number of para-hydroxylation sites is 1. The standard InChI is InChI=1S/C14H21NO3S/c1-15-11-6-5-7-12(10-11)19(16,17)14-9-4-3-8-13(14)18-2/h3-4,8-9,11-12,15H,5-7,10H2,1-2H3. The lowest BCUT2D eigenvalue weighted by molar-refractivity contribution is 0.385. The van der Waals surface area contributed by atoms with Gasteiger partial charge in [0, 0.05) is 6.04 Å². The highest BCUT2D eigenvalue weighted by molar-refractivity contribution is 7.92. The van der Waals surface area contributed by atoms with E-state index in [1.165, 1.54) is 7.11 Å². The molecule has 2 unspecified atom stereocenters. The molecule has 0 radical (unpaired) electrons. The highest BCUT2D eigenvalue weighted by Gasteiger charge is 2.34. The Morgan fingerprint density at radius 2 is 2.00 bits per heavy atom. The lowest BCUT2D eigenvalue weighted by Gasteiger charge is -2.29. The highest BCUT2D eigenvalue weighted by Crippen LogP contribution is 2.33. The van der Waals surface area contributed by atoms with Gasteiger partial charge in [-0.3, -0.25) is 0 Å². The summed E-state index contributed by atoms with van der Waals surface area (Å²) in [6.45, 7) is 0. The molecule has 0 heterocycles. The Bertz CT molecular complexity index is 527. The first-order valence-corrected chi connectivity index (χ1v) is 8.18. The average molecular weight is 283 g/mol. The summed E-state index contributed by atoms with van der Waals surface area (Å²) in [6.07, 6.45) is 3.41. The van der Waals surface area contributed by atoms with E-state index in [1.807, 2.05) is 7.05 Å². The summed E-state index contributed by atoms with van der Waals surface area (Å²) in [4.78, 5) is 0.319. The third kappa shape index (κ3) is 2.92. The van der Waals surface area contributed by atoms with Crippen LogP contribution < -0.4 is 10.1 Å². The van der Waals surface area contributed by atoms with Gasteiger partial charge in [-0.05, 0) is 38.4 Å². The van der Waals surface area contributed by atoms with Crippen LogP contribution >= 0.6 is 0 Å². The van der Waals surface area contributed by atoms with E-state index in [2.05, 4.69) is 5.32 Å². The summed E-state index contributed by atoms with van der Waals surface area (Å²) in [5, 5.41) is 2.88. The fourth-order valence-corrected chi connectivity index (χ4v) is 4.74. The molecule has 1 saturated carbocycles. The lowest BCUT2D eigenvalue weighted by atomic mass is 9.95. The van der Waals surface area contributed by atoms with Gasteiger partial charge in [-0.25, -0.2) is 8.42 Å². The zero-order valence-electron chi connectivity index (χ0n) is 11.4. The molecule has 1 aliphatic carbocycles. The predicted octanol–water partition coefficient (Wildman–Crippen LogP) is 2.00. The normalized spacial score (nSPS) is 24.1. The van der Waals surface area contributed by atoms with Gasteiger partial charge in [-0.2, -0.15) is 0 Å². The number of ether oxygens (including phenoxy) is 1. The van der Waals surface area contributed by atoms with Crippen LogP contribution in [0.4, 0.5) is 0 Å². The van der Waals surface area contributed by atoms with Gasteiger partial charge in [0.05, 0.1) is 12.4 Å². The zero-order chi connectivity index (χ0) is 13.9. The second-order valence-corrected chi connectivity index (χ2v) is 7.17. The van der Waals surface area contributed by atoms with Crippen molar-refractivity contribution in [3.63, 3.8) is 0 Å². The van der Waals surface area contributed by atoms with Gasteiger partial charge in [0.15, 0.2) is 9.84 Å². The maximum Gasteiger partial charge on any atom is 0.184 e. The van der Waals surface area contributed by atoms with Crippen molar-refractivity contribution in [3.8, 4) is 5.75 Å². The number of nitrogens with one attached hydrogen (secondary N) is 1. The lowest BCUT2D eigenvalue weighted by Crippen LogP contribution is -2.37. The van der Waals surface area contributed by atoms with Crippen molar-refractivity contribution >= 4 is 9.84 Å². The zero-order valence-corrected chi connectivity index (χ0v) is 12.2. The van der Waals surface area contributed by atoms with Crippen molar-refractivity contribution < 1.29 is 13.2 Å². The fraction of sp³-hybridized carbons (Fsp3) is 0.571. The SMILES string of the molecule is CNC1CCCC(S(=O)(=O)c2ccccc2OC)C1. The second kappa shape index (κ2) is 5.92. The minimum Gasteiger partial charge on any atom is -0.495 e. The second-order valence-electron chi connectivity index (χ2n) is 4.97. The van der Waals surface area contributed by atoms with Crippen LogP contribution in [-0.4, -0.2) is 33.9 Å². The van der Waals surface area contributed by atoms with Crippen LogP contribution in [0.5, 0.6) is 5.75 Å². The van der Waals surface area contributed by atoms with Crippen LogP contribution in [-0.2, 0) is 9.84 Å². The minimum absolute atomic E-state index is 0.295. The largest absolute Gasteiger partial charge is 0.495 e. The Labute approximate surface area is 115 Å². The monoisotopic (exact) mass is 283 g/mol. The van der Waals surface area contributed by atoms with Gasteiger partial charge in [0.1, 0.15) is 10.6 Å². The van der Waals surface area contributed by atoms with E-state index in [0.717, 1.165) is 19.3 Å². The van der Waals surface area contributed by atoms with Crippen LogP contribution in [0.2, 0.25) is 0 Å². The van der Waals surface area contributed by atoms with Gasteiger partial charge in [0.2, 0.25) is 0 Å². The third-order valence-corrected chi connectivity index (χ3v) is 6.10. The van der Waals surface area contributed by atoms with Crippen LogP contribution in [0.15, 0.2) is 29.2 Å². The molecule has 4 nitrogen and oxygen atoms in total. The van der Waals surface area contributed by atoms with Crippen molar-refractivity contribution in [2.75, 3.05) is 14.2 Å². The molecule has 2 rings (SSSR count). The Morgan fingerprint density at radius 3 is 2.68 bits per heavy atom. The quantitative estimate of drug-likeness (QED) is 0.918. The van der Waals surface area contributed by atoms with E-state index >= 15 is 0 Å². The number of benzene rings is 1. The van der Waals surface area contributed by atoms with Crippen molar-refractivity contribution in [1.29, 1.82) is 0 Å². The van der Waals surface area contributed by atoms with Gasteiger partial charge in [0.25, 0.3) is 0 Å². The summed E-state index contributed by atoms with van der Waals surface area (Å²) in [5.74, 6) is 0.439. The molecule has 2 atom stereocenters. The summed E-state index contributed by atoms with van der Waals surface area (Å²) < 4.78 is 30.6. The number of sulfone groups is 1. The summed E-state index contributed by atoms with van der Waals surface area (Å²) in [7, 11) is 0.0844. The Kier molecular flexibility index (Phi) is 4.47. The van der Waals surface area contributed by atoms with Gasteiger partial charge in [-0.1, -0.05) is 18.6 Å². The first-order valence-electron chi connectivity index (χ1n) is 6.63. The number of hydrogen-bond acceptors (Lipinski definition) is 4. The summed E-state index contributed by atoms with van der Waals surface area (Å²) in [6, 6.07) is 7.16. The van der Waals surface area contributed by atoms with Gasteiger partial charge in [-0.15, -0.1) is 0 Å². The van der Waals surface area contributed by atoms with Crippen LogP contribution in [0.1, 0.15) is 25.7 Å². The van der Waals surface area contributed by atoms with Crippen LogP contribution in [0.3, 0.4) is 0 Å². The topological polar surface area (TPSA) is 55.4 Å². The third-order valence-electron chi connectivity index (χ3n) is 3.85. The van der Waals surface area contributed by atoms with E-state index in [0.29, 0.717) is 23.1 Å². The molecule has 19 heavy (non-hydrogen) atoms. The molecule has 0 spiro atoms. The van der Waals surface area contributed by atoms with E-state index in [4.69, 9.17) is 4.74 Å². The first-order chi connectivity index (χ1) is 9.09. The molecule has 1 N–H and O–H groups in total. The average Bonchev–Trinajstić information content (AvgIpc) is 2.47. The molecule has 0 aliphatic heterocycles. The first kappa shape index (κ1) is 14.3. The maximum absolute atomic E-state index is 12.7. The number of rotatable bonds is 4. The summed E-state index contributed by atoms with van der Waals surface area (Å²) >= 11 is 0. The molecular formula is C14H21NO3S. The molecule has 0 saturated heterocycles. The van der Waals surface area contributed by atoms with Crippen molar-refractivity contribution in [1.82, 2.24) is 5.32 Å². The van der Waals surface area contributed by atoms with E-state index in [9.17, 15) is 8.42 Å². The molecule has 1 aromatic carbocycles. The molecule has 106 valence electrons. The van der Waals surface area contributed by atoms with E-state index in [-0.39, 0.29) is 5.25 Å². The van der Waals surface area contributed by atoms with Crippen molar-refractivity contribution in [2.24, 2.45) is 0 Å². The van der Waals surface area contributed by atoms with E-state index < -0.39 is 9.84 Å². The summed E-state index contributed by atoms with van der Waals surface area (Å²) in [5.41, 5.74) is 0. The molecular weight excluding hydrogens is 262 g/mol. The highest BCUT2D eigenvalue weighted by atomic mass is 32.2. The van der Waals surface area contributed by atoms with Crippen molar-refractivity contribution in [3.05, 3.63) is 24.3 Å². The molecule has 1 aliphatic rings. The maximum atomic E-state index is 12.7. The molecule has 0 bridgehead atoms. The number of methoxy groups -OCH3 is 1. The smallest absolute Gasteiger partial charge is 0.184 e. The number of hydrogen-bond donors (Lipinski definition) is 1. The van der Waals surface area contributed by atoms with Crippen molar-refractivity contribution in [2.45, 2.75) is 41.9 Å². The fourth-order valence-electron chi connectivity index (χ4n) is 2.72. The minimum atomic E-state index is -3.31. The molecule has 1 aromatic rings.